The predicted molar refractivity (Wildman–Crippen MR) is 87.4 cm³/mol. The van der Waals surface area contributed by atoms with E-state index < -0.39 is 0 Å². The molecule has 1 rings (SSSR count). The average molecular weight is 255 g/mol. The first-order valence-corrected chi connectivity index (χ1v) is 7.00. The zero-order chi connectivity index (χ0) is 14.3. The quantitative estimate of drug-likeness (QED) is 0.614. The average Bonchev–Trinajstić information content (AvgIpc) is 2.41. The molecule has 0 N–H and O–H groups in total. The number of allylic oxidation sites excluding steroid dienone is 5. The Bertz CT molecular complexity index is 463. The van der Waals surface area contributed by atoms with Crippen LogP contribution in [0.1, 0.15) is 39.7 Å². The summed E-state index contributed by atoms with van der Waals surface area (Å²) in [5.41, 5.74) is 4.81. The number of hydrogen-bond donors (Lipinski definition) is 0. The molecule has 0 amide bonds. The van der Waals surface area contributed by atoms with Crippen molar-refractivity contribution < 1.29 is 0 Å². The molecule has 0 radical (unpaired) electrons. The van der Waals surface area contributed by atoms with Crippen molar-refractivity contribution in [3.8, 4) is 0 Å². The number of anilines is 1. The number of rotatable bonds is 6. The van der Waals surface area contributed by atoms with Crippen LogP contribution in [0.4, 0.5) is 5.69 Å². The van der Waals surface area contributed by atoms with Crippen LogP contribution in [0.15, 0.2) is 54.8 Å². The Morgan fingerprint density at radius 3 is 2.26 bits per heavy atom. The molecule has 1 heteroatoms. The number of nitrogens with zero attached hydrogens (tertiary/aromatic N) is 1. The van der Waals surface area contributed by atoms with Crippen molar-refractivity contribution in [1.82, 2.24) is 0 Å². The largest absolute Gasteiger partial charge is 0.346 e. The minimum Gasteiger partial charge on any atom is -0.346 e. The van der Waals surface area contributed by atoms with Gasteiger partial charge in [-0.2, -0.15) is 0 Å². The second-order valence-electron chi connectivity index (χ2n) is 4.58. The van der Waals surface area contributed by atoms with E-state index in [1.54, 1.807) is 0 Å². The van der Waals surface area contributed by atoms with Gasteiger partial charge in [-0.05, 0) is 50.5 Å². The van der Waals surface area contributed by atoms with Gasteiger partial charge in [0.25, 0.3) is 0 Å². The van der Waals surface area contributed by atoms with Crippen molar-refractivity contribution in [1.29, 1.82) is 0 Å². The lowest BCUT2D eigenvalue weighted by Gasteiger charge is -2.23. The third-order valence-corrected chi connectivity index (χ3v) is 3.13. The summed E-state index contributed by atoms with van der Waals surface area (Å²) in [6.45, 7) is 13.4. The Balaban J connectivity index is 2.98. The van der Waals surface area contributed by atoms with Crippen LogP contribution in [-0.2, 0) is 0 Å². The molecule has 1 aromatic rings. The van der Waals surface area contributed by atoms with Gasteiger partial charge in [-0.1, -0.05) is 43.9 Å². The van der Waals surface area contributed by atoms with Gasteiger partial charge in [0, 0.05) is 17.9 Å². The van der Waals surface area contributed by atoms with E-state index in [4.69, 9.17) is 0 Å². The predicted octanol–water partition coefficient (Wildman–Crippen LogP) is 5.42. The third-order valence-electron chi connectivity index (χ3n) is 3.13. The lowest BCUT2D eigenvalue weighted by molar-refractivity contribution is 0.958. The van der Waals surface area contributed by atoms with E-state index >= 15 is 0 Å². The van der Waals surface area contributed by atoms with Crippen molar-refractivity contribution in [2.75, 3.05) is 11.4 Å². The minimum atomic E-state index is 0.945. The summed E-state index contributed by atoms with van der Waals surface area (Å²) in [5.74, 6) is 0. The van der Waals surface area contributed by atoms with Gasteiger partial charge in [-0.25, -0.2) is 0 Å². The van der Waals surface area contributed by atoms with Crippen molar-refractivity contribution in [2.24, 2.45) is 0 Å². The summed E-state index contributed by atoms with van der Waals surface area (Å²) < 4.78 is 0. The molecule has 0 aliphatic carbocycles. The summed E-state index contributed by atoms with van der Waals surface area (Å²) in [6.07, 6.45) is 7.59. The monoisotopic (exact) mass is 255 g/mol. The molecule has 0 fully saturated rings. The van der Waals surface area contributed by atoms with E-state index in [0.717, 1.165) is 18.7 Å². The molecule has 0 aromatic heterocycles. The van der Waals surface area contributed by atoms with Crippen molar-refractivity contribution in [2.45, 2.75) is 34.1 Å². The smallest absolute Gasteiger partial charge is 0.0408 e. The maximum absolute atomic E-state index is 4.02. The molecular weight excluding hydrogens is 230 g/mol. The Morgan fingerprint density at radius 2 is 1.84 bits per heavy atom. The summed E-state index contributed by atoms with van der Waals surface area (Å²) >= 11 is 0. The van der Waals surface area contributed by atoms with Gasteiger partial charge in [0.15, 0.2) is 0 Å². The summed E-state index contributed by atoms with van der Waals surface area (Å²) in [4.78, 5) is 2.21. The van der Waals surface area contributed by atoms with E-state index in [-0.39, 0.29) is 0 Å². The molecule has 0 aliphatic heterocycles. The Labute approximate surface area is 118 Å². The maximum Gasteiger partial charge on any atom is 0.0408 e. The van der Waals surface area contributed by atoms with Gasteiger partial charge in [0.05, 0.1) is 0 Å². The Morgan fingerprint density at radius 1 is 1.21 bits per heavy atom. The molecule has 0 atom stereocenters. The summed E-state index contributed by atoms with van der Waals surface area (Å²) in [5, 5.41) is 0. The summed E-state index contributed by atoms with van der Waals surface area (Å²) in [6, 6.07) is 8.68. The van der Waals surface area contributed by atoms with Crippen LogP contribution >= 0.6 is 0 Å². The molecule has 0 bridgehead atoms. The van der Waals surface area contributed by atoms with Gasteiger partial charge in [0.2, 0.25) is 0 Å². The molecule has 0 unspecified atom stereocenters. The van der Waals surface area contributed by atoms with Crippen molar-refractivity contribution in [3.05, 3.63) is 60.3 Å². The van der Waals surface area contributed by atoms with Crippen LogP contribution in [-0.4, -0.2) is 6.54 Å². The maximum atomic E-state index is 4.02. The van der Waals surface area contributed by atoms with Gasteiger partial charge >= 0.3 is 0 Å². The minimum absolute atomic E-state index is 0.945. The molecule has 19 heavy (non-hydrogen) atoms. The molecule has 102 valence electrons. The fourth-order valence-electron chi connectivity index (χ4n) is 2.11. The van der Waals surface area contributed by atoms with Crippen LogP contribution in [0.2, 0.25) is 0 Å². The fourth-order valence-corrected chi connectivity index (χ4v) is 2.11. The zero-order valence-corrected chi connectivity index (χ0v) is 12.6. The van der Waals surface area contributed by atoms with Gasteiger partial charge in [-0.3, -0.25) is 0 Å². The van der Waals surface area contributed by atoms with E-state index in [0.29, 0.717) is 0 Å². The fraction of sp³-hybridized carbons (Fsp3) is 0.333. The van der Waals surface area contributed by atoms with Crippen molar-refractivity contribution in [3.63, 3.8) is 0 Å². The molecule has 0 aliphatic rings. The van der Waals surface area contributed by atoms with Crippen LogP contribution in [0.25, 0.3) is 5.57 Å². The van der Waals surface area contributed by atoms with Crippen LogP contribution in [0.3, 0.4) is 0 Å². The number of benzene rings is 1. The molecule has 1 aromatic carbocycles. The zero-order valence-electron chi connectivity index (χ0n) is 12.6. The second kappa shape index (κ2) is 7.63. The molecule has 0 spiro atoms. The first-order valence-electron chi connectivity index (χ1n) is 7.00. The second-order valence-corrected chi connectivity index (χ2v) is 4.58. The van der Waals surface area contributed by atoms with Crippen LogP contribution < -0.4 is 4.90 Å². The first-order chi connectivity index (χ1) is 9.13. The van der Waals surface area contributed by atoms with E-state index in [2.05, 4.69) is 74.7 Å². The van der Waals surface area contributed by atoms with Crippen LogP contribution in [0, 0.1) is 0 Å². The molecular formula is C18H25N. The molecule has 0 heterocycles. The highest BCUT2D eigenvalue weighted by Gasteiger charge is 2.05. The third kappa shape index (κ3) is 4.13. The highest BCUT2D eigenvalue weighted by atomic mass is 15.1. The van der Waals surface area contributed by atoms with E-state index in [1.807, 2.05) is 6.92 Å². The standard InChI is InChI=1S/C18H25N/c1-6-9-10-16(7-2)17-11-13-18(14-12-17)19(8-3)15(4)5/h7,9-14H,4,6,8H2,1-3,5H3/b10-9-,16-7+. The van der Waals surface area contributed by atoms with E-state index in [9.17, 15) is 0 Å². The van der Waals surface area contributed by atoms with Crippen molar-refractivity contribution >= 4 is 11.3 Å². The highest BCUT2D eigenvalue weighted by molar-refractivity contribution is 5.74. The lowest BCUT2D eigenvalue weighted by Crippen LogP contribution is -2.19. The van der Waals surface area contributed by atoms with Gasteiger partial charge < -0.3 is 4.90 Å². The summed E-state index contributed by atoms with van der Waals surface area (Å²) in [7, 11) is 0. The Hall–Kier alpha value is -1.76. The molecule has 0 saturated heterocycles. The molecule has 1 nitrogen and oxygen atoms in total. The van der Waals surface area contributed by atoms with Gasteiger partial charge in [0.1, 0.15) is 0 Å². The highest BCUT2D eigenvalue weighted by Crippen LogP contribution is 2.23. The number of hydrogen-bond acceptors (Lipinski definition) is 1. The van der Waals surface area contributed by atoms with E-state index in [1.165, 1.54) is 16.8 Å². The first kappa shape index (κ1) is 15.3. The topological polar surface area (TPSA) is 3.24 Å². The Kier molecular flexibility index (Phi) is 6.14. The lowest BCUT2D eigenvalue weighted by atomic mass is 10.0. The SMILES string of the molecule is C=C(C)N(CC)c1ccc(C(/C=C\CC)=C/C)cc1. The molecule has 0 saturated carbocycles. The normalized spacial score (nSPS) is 11.9. The van der Waals surface area contributed by atoms with Crippen LogP contribution in [0.5, 0.6) is 0 Å². The van der Waals surface area contributed by atoms with Gasteiger partial charge in [-0.15, -0.1) is 0 Å².